The molecule has 0 aliphatic carbocycles. The molecule has 0 aliphatic heterocycles. The Bertz CT molecular complexity index is 639. The van der Waals surface area contributed by atoms with Crippen molar-refractivity contribution in [1.29, 1.82) is 0 Å². The third-order valence-corrected chi connectivity index (χ3v) is 4.92. The molecule has 1 aromatic carbocycles. The van der Waals surface area contributed by atoms with Gasteiger partial charge in [-0.15, -0.1) is 11.3 Å². The van der Waals surface area contributed by atoms with E-state index in [1.165, 1.54) is 11.3 Å². The first-order valence-electron chi connectivity index (χ1n) is 6.34. The molecule has 1 heterocycles. The zero-order chi connectivity index (χ0) is 14.4. The van der Waals surface area contributed by atoms with E-state index in [2.05, 4.69) is 21.9 Å². The van der Waals surface area contributed by atoms with E-state index in [0.29, 0.717) is 16.6 Å². The lowest BCUT2D eigenvalue weighted by atomic mass is 10.2. The molecule has 0 saturated heterocycles. The van der Waals surface area contributed by atoms with Crippen molar-refractivity contribution < 1.29 is 8.42 Å². The highest BCUT2D eigenvalue weighted by atomic mass is 32.2. The molecule has 20 heavy (non-hydrogen) atoms. The van der Waals surface area contributed by atoms with Gasteiger partial charge in [0, 0.05) is 18.1 Å². The van der Waals surface area contributed by atoms with Crippen LogP contribution in [0.2, 0.25) is 0 Å². The summed E-state index contributed by atoms with van der Waals surface area (Å²) in [6.45, 7) is 3.46. The SMILES string of the molecule is CCCNCc1ccccc1S(=O)(=O)Nc1nccs1. The zero-order valence-corrected chi connectivity index (χ0v) is 12.8. The minimum atomic E-state index is -3.59. The Balaban J connectivity index is 2.22. The molecule has 0 aliphatic rings. The third-order valence-electron chi connectivity index (χ3n) is 2.66. The summed E-state index contributed by atoms with van der Waals surface area (Å²) in [5, 5.41) is 5.32. The van der Waals surface area contributed by atoms with Crippen LogP contribution >= 0.6 is 11.3 Å². The smallest absolute Gasteiger partial charge is 0.263 e. The van der Waals surface area contributed by atoms with E-state index in [9.17, 15) is 8.42 Å². The second-order valence-corrected chi connectivity index (χ2v) is 6.77. The predicted octanol–water partition coefficient (Wildman–Crippen LogP) is 2.44. The molecular formula is C13H17N3O2S2. The molecule has 5 nitrogen and oxygen atoms in total. The summed E-state index contributed by atoms with van der Waals surface area (Å²) in [4.78, 5) is 4.24. The van der Waals surface area contributed by atoms with E-state index in [-0.39, 0.29) is 0 Å². The Morgan fingerprint density at radius 3 is 2.80 bits per heavy atom. The molecule has 108 valence electrons. The van der Waals surface area contributed by atoms with E-state index in [1.54, 1.807) is 23.7 Å². The molecule has 2 rings (SSSR count). The molecule has 0 spiro atoms. The van der Waals surface area contributed by atoms with E-state index < -0.39 is 10.0 Å². The molecule has 2 aromatic rings. The van der Waals surface area contributed by atoms with Crippen LogP contribution in [0.5, 0.6) is 0 Å². The normalized spacial score (nSPS) is 11.4. The number of hydrogen-bond donors (Lipinski definition) is 2. The van der Waals surface area contributed by atoms with Gasteiger partial charge in [-0.05, 0) is 24.6 Å². The van der Waals surface area contributed by atoms with Gasteiger partial charge in [0.25, 0.3) is 10.0 Å². The van der Waals surface area contributed by atoms with Crippen molar-refractivity contribution in [1.82, 2.24) is 10.3 Å². The topological polar surface area (TPSA) is 71.1 Å². The first-order chi connectivity index (χ1) is 9.63. The van der Waals surface area contributed by atoms with Crippen molar-refractivity contribution in [3.8, 4) is 0 Å². The van der Waals surface area contributed by atoms with Crippen molar-refractivity contribution in [3.63, 3.8) is 0 Å². The number of nitrogens with one attached hydrogen (secondary N) is 2. The van der Waals surface area contributed by atoms with Crippen LogP contribution in [0, 0.1) is 0 Å². The lowest BCUT2D eigenvalue weighted by Gasteiger charge is -2.11. The molecule has 0 saturated carbocycles. The summed E-state index contributed by atoms with van der Waals surface area (Å²) >= 11 is 1.25. The second-order valence-electron chi connectivity index (χ2n) is 4.23. The van der Waals surface area contributed by atoms with Crippen molar-refractivity contribution in [2.75, 3.05) is 11.3 Å². The van der Waals surface area contributed by atoms with Gasteiger partial charge in [-0.1, -0.05) is 25.1 Å². The highest BCUT2D eigenvalue weighted by Crippen LogP contribution is 2.20. The zero-order valence-electron chi connectivity index (χ0n) is 11.2. The summed E-state index contributed by atoms with van der Waals surface area (Å²) < 4.78 is 27.3. The highest BCUT2D eigenvalue weighted by Gasteiger charge is 2.18. The van der Waals surface area contributed by atoms with Gasteiger partial charge in [-0.3, -0.25) is 4.72 Å². The monoisotopic (exact) mass is 311 g/mol. The number of anilines is 1. The summed E-state index contributed by atoms with van der Waals surface area (Å²) in [5.74, 6) is 0. The maximum Gasteiger partial charge on any atom is 0.263 e. The molecular weight excluding hydrogens is 294 g/mol. The summed E-state index contributed by atoms with van der Waals surface area (Å²) in [6, 6.07) is 6.99. The summed E-state index contributed by atoms with van der Waals surface area (Å²) in [6.07, 6.45) is 2.57. The second kappa shape index (κ2) is 6.83. The van der Waals surface area contributed by atoms with E-state index in [1.807, 2.05) is 12.1 Å². The lowest BCUT2D eigenvalue weighted by Crippen LogP contribution is -2.19. The molecule has 0 fully saturated rings. The molecule has 2 N–H and O–H groups in total. The Kier molecular flexibility index (Phi) is 5.11. The maximum absolute atomic E-state index is 12.4. The Morgan fingerprint density at radius 1 is 1.30 bits per heavy atom. The lowest BCUT2D eigenvalue weighted by molar-refractivity contribution is 0.597. The highest BCUT2D eigenvalue weighted by molar-refractivity contribution is 7.93. The van der Waals surface area contributed by atoms with Gasteiger partial charge in [0.2, 0.25) is 0 Å². The minimum absolute atomic E-state index is 0.291. The molecule has 0 radical (unpaired) electrons. The quantitative estimate of drug-likeness (QED) is 0.771. The van der Waals surface area contributed by atoms with Crippen LogP contribution in [0.3, 0.4) is 0 Å². The Labute approximate surface area is 123 Å². The third kappa shape index (κ3) is 3.78. The van der Waals surface area contributed by atoms with Gasteiger partial charge in [0.15, 0.2) is 5.13 Å². The fourth-order valence-electron chi connectivity index (χ4n) is 1.76. The molecule has 0 unspecified atom stereocenters. The van der Waals surface area contributed by atoms with E-state index in [0.717, 1.165) is 18.5 Å². The van der Waals surface area contributed by atoms with Crippen LogP contribution in [-0.2, 0) is 16.6 Å². The first-order valence-corrected chi connectivity index (χ1v) is 8.70. The van der Waals surface area contributed by atoms with Crippen LogP contribution in [0.25, 0.3) is 0 Å². The largest absolute Gasteiger partial charge is 0.313 e. The fraction of sp³-hybridized carbons (Fsp3) is 0.308. The van der Waals surface area contributed by atoms with Gasteiger partial charge in [0.1, 0.15) is 0 Å². The van der Waals surface area contributed by atoms with Gasteiger partial charge in [-0.25, -0.2) is 13.4 Å². The molecule has 1 aromatic heterocycles. The predicted molar refractivity (Wildman–Crippen MR) is 81.4 cm³/mol. The summed E-state index contributed by atoms with van der Waals surface area (Å²) in [7, 11) is -3.59. The van der Waals surface area contributed by atoms with Gasteiger partial charge < -0.3 is 5.32 Å². The molecule has 7 heteroatoms. The Hall–Kier alpha value is -1.44. The molecule has 0 bridgehead atoms. The standard InChI is InChI=1S/C13H17N3O2S2/c1-2-7-14-10-11-5-3-4-6-12(11)20(17,18)16-13-15-8-9-19-13/h3-6,8-9,14H,2,7,10H2,1H3,(H,15,16). The van der Waals surface area contributed by atoms with Gasteiger partial charge in [0.05, 0.1) is 4.90 Å². The number of thiazole rings is 1. The van der Waals surface area contributed by atoms with Crippen LogP contribution < -0.4 is 10.0 Å². The van der Waals surface area contributed by atoms with Crippen LogP contribution in [0.15, 0.2) is 40.7 Å². The van der Waals surface area contributed by atoms with Crippen molar-refractivity contribution in [2.24, 2.45) is 0 Å². The Morgan fingerprint density at radius 2 is 2.10 bits per heavy atom. The number of aromatic nitrogens is 1. The van der Waals surface area contributed by atoms with E-state index >= 15 is 0 Å². The number of hydrogen-bond acceptors (Lipinski definition) is 5. The van der Waals surface area contributed by atoms with Crippen LogP contribution in [-0.4, -0.2) is 19.9 Å². The number of sulfonamides is 1. The fourth-order valence-corrected chi connectivity index (χ4v) is 3.79. The number of nitrogens with zero attached hydrogens (tertiary/aromatic N) is 1. The minimum Gasteiger partial charge on any atom is -0.313 e. The maximum atomic E-state index is 12.4. The van der Waals surface area contributed by atoms with Crippen LogP contribution in [0.4, 0.5) is 5.13 Å². The van der Waals surface area contributed by atoms with Gasteiger partial charge in [-0.2, -0.15) is 0 Å². The number of benzene rings is 1. The average Bonchev–Trinajstić information content (AvgIpc) is 2.91. The van der Waals surface area contributed by atoms with Crippen molar-refractivity contribution in [2.45, 2.75) is 24.8 Å². The van der Waals surface area contributed by atoms with Gasteiger partial charge >= 0.3 is 0 Å². The van der Waals surface area contributed by atoms with E-state index in [4.69, 9.17) is 0 Å². The average molecular weight is 311 g/mol. The number of rotatable bonds is 7. The van der Waals surface area contributed by atoms with Crippen molar-refractivity contribution in [3.05, 3.63) is 41.4 Å². The first kappa shape index (κ1) is 15.0. The molecule has 0 amide bonds. The summed E-state index contributed by atoms with van der Waals surface area (Å²) in [5.41, 5.74) is 0.755. The molecule has 0 atom stereocenters. The van der Waals surface area contributed by atoms with Crippen LogP contribution in [0.1, 0.15) is 18.9 Å². The van der Waals surface area contributed by atoms with Crippen molar-refractivity contribution >= 4 is 26.5 Å².